The fourth-order valence-electron chi connectivity index (χ4n) is 2.95. The van der Waals surface area contributed by atoms with Crippen LogP contribution < -0.4 is 4.74 Å². The largest absolute Gasteiger partial charge is 0.491 e. The Hall–Kier alpha value is -2.48. The number of likely N-dealkylation sites (N-methyl/N-ethyl adjacent to an activating group) is 1. The first kappa shape index (κ1) is 17.3. The first-order chi connectivity index (χ1) is 12.2. The van der Waals surface area contributed by atoms with Crippen LogP contribution in [0.2, 0.25) is 0 Å². The van der Waals surface area contributed by atoms with Crippen LogP contribution in [0, 0.1) is 0 Å². The Morgan fingerprint density at radius 2 is 2.36 bits per heavy atom. The Labute approximate surface area is 146 Å². The SMILES string of the molecule is CCCOc1cccnc1C(=O)N(C)C[C@H]1OCC[C@H]1c1ncn[nH]1. The quantitative estimate of drug-likeness (QED) is 0.820. The highest BCUT2D eigenvalue weighted by atomic mass is 16.5. The minimum atomic E-state index is -0.182. The van der Waals surface area contributed by atoms with Gasteiger partial charge in [0.1, 0.15) is 12.2 Å². The summed E-state index contributed by atoms with van der Waals surface area (Å²) in [6.07, 6.45) is 4.70. The number of nitrogens with zero attached hydrogens (tertiary/aromatic N) is 4. The van der Waals surface area contributed by atoms with Crippen LogP contribution in [0.1, 0.15) is 42.0 Å². The van der Waals surface area contributed by atoms with Crippen molar-refractivity contribution in [2.75, 3.05) is 26.8 Å². The molecule has 1 aliphatic rings. The maximum absolute atomic E-state index is 12.8. The van der Waals surface area contributed by atoms with E-state index in [0.29, 0.717) is 31.2 Å². The van der Waals surface area contributed by atoms with E-state index in [0.717, 1.165) is 18.7 Å². The van der Waals surface area contributed by atoms with Crippen LogP contribution in [-0.4, -0.2) is 63.9 Å². The summed E-state index contributed by atoms with van der Waals surface area (Å²) in [7, 11) is 1.75. The van der Waals surface area contributed by atoms with Crippen LogP contribution in [0.25, 0.3) is 0 Å². The number of amides is 1. The third kappa shape index (κ3) is 3.96. The fourth-order valence-corrected chi connectivity index (χ4v) is 2.95. The van der Waals surface area contributed by atoms with E-state index in [4.69, 9.17) is 9.47 Å². The first-order valence-electron chi connectivity index (χ1n) is 8.50. The Morgan fingerprint density at radius 1 is 1.48 bits per heavy atom. The number of carbonyl (C=O) groups excluding carboxylic acids is 1. The van der Waals surface area contributed by atoms with Gasteiger partial charge in [-0.2, -0.15) is 5.10 Å². The smallest absolute Gasteiger partial charge is 0.276 e. The highest BCUT2D eigenvalue weighted by molar-refractivity contribution is 5.94. The molecule has 1 aliphatic heterocycles. The van der Waals surface area contributed by atoms with E-state index in [9.17, 15) is 4.79 Å². The van der Waals surface area contributed by atoms with Crippen molar-refractivity contribution in [2.24, 2.45) is 0 Å². The second kappa shape index (κ2) is 8.06. The van der Waals surface area contributed by atoms with Crippen molar-refractivity contribution in [3.63, 3.8) is 0 Å². The average molecular weight is 345 g/mol. The number of pyridine rings is 1. The van der Waals surface area contributed by atoms with Crippen molar-refractivity contribution in [1.29, 1.82) is 0 Å². The van der Waals surface area contributed by atoms with Gasteiger partial charge in [0.25, 0.3) is 5.91 Å². The summed E-state index contributed by atoms with van der Waals surface area (Å²) in [4.78, 5) is 22.9. The Bertz CT molecular complexity index is 691. The maximum atomic E-state index is 12.8. The average Bonchev–Trinajstić information content (AvgIpc) is 3.30. The standard InChI is InChI=1S/C17H23N5O3/c1-3-8-24-13-5-4-7-18-15(13)17(23)22(2)10-14-12(6-9-25-14)16-19-11-20-21-16/h4-5,7,11-12,14H,3,6,8-10H2,1-2H3,(H,19,20,21)/t12-,14-/m1/s1. The van der Waals surface area contributed by atoms with Gasteiger partial charge in [-0.15, -0.1) is 0 Å². The molecule has 1 amide bonds. The van der Waals surface area contributed by atoms with E-state index in [-0.39, 0.29) is 17.9 Å². The third-order valence-corrected chi connectivity index (χ3v) is 4.23. The second-order valence-corrected chi connectivity index (χ2v) is 6.06. The zero-order valence-corrected chi connectivity index (χ0v) is 14.5. The van der Waals surface area contributed by atoms with E-state index < -0.39 is 0 Å². The third-order valence-electron chi connectivity index (χ3n) is 4.23. The Morgan fingerprint density at radius 3 is 3.12 bits per heavy atom. The zero-order valence-electron chi connectivity index (χ0n) is 14.5. The van der Waals surface area contributed by atoms with Crippen molar-refractivity contribution in [3.05, 3.63) is 36.2 Å². The van der Waals surface area contributed by atoms with Crippen molar-refractivity contribution in [1.82, 2.24) is 25.1 Å². The molecule has 8 nitrogen and oxygen atoms in total. The predicted octanol–water partition coefficient (Wildman–Crippen LogP) is 1.63. The summed E-state index contributed by atoms with van der Waals surface area (Å²) in [5, 5.41) is 6.80. The van der Waals surface area contributed by atoms with Gasteiger partial charge in [-0.3, -0.25) is 9.89 Å². The van der Waals surface area contributed by atoms with Crippen LogP contribution in [-0.2, 0) is 4.74 Å². The minimum absolute atomic E-state index is 0.109. The monoisotopic (exact) mass is 345 g/mol. The van der Waals surface area contributed by atoms with Gasteiger partial charge in [-0.25, -0.2) is 9.97 Å². The van der Waals surface area contributed by atoms with Crippen LogP contribution >= 0.6 is 0 Å². The molecule has 25 heavy (non-hydrogen) atoms. The molecular weight excluding hydrogens is 322 g/mol. The number of aromatic nitrogens is 4. The summed E-state index contributed by atoms with van der Waals surface area (Å²) in [5.74, 6) is 1.24. The highest BCUT2D eigenvalue weighted by Crippen LogP contribution is 2.29. The lowest BCUT2D eigenvalue weighted by molar-refractivity contribution is 0.0543. The molecule has 0 aromatic carbocycles. The van der Waals surface area contributed by atoms with Gasteiger partial charge < -0.3 is 14.4 Å². The Balaban J connectivity index is 1.69. The van der Waals surface area contributed by atoms with Crippen molar-refractivity contribution in [3.8, 4) is 5.75 Å². The number of rotatable bonds is 7. The first-order valence-corrected chi connectivity index (χ1v) is 8.50. The number of aromatic amines is 1. The van der Waals surface area contributed by atoms with E-state index in [1.54, 1.807) is 30.3 Å². The molecule has 3 heterocycles. The lowest BCUT2D eigenvalue weighted by Crippen LogP contribution is -2.37. The molecular formula is C17H23N5O3. The van der Waals surface area contributed by atoms with E-state index in [2.05, 4.69) is 20.2 Å². The lowest BCUT2D eigenvalue weighted by Gasteiger charge is -2.24. The molecule has 134 valence electrons. The van der Waals surface area contributed by atoms with Crippen LogP contribution in [0.15, 0.2) is 24.7 Å². The van der Waals surface area contributed by atoms with Crippen LogP contribution in [0.3, 0.4) is 0 Å². The van der Waals surface area contributed by atoms with Gasteiger partial charge in [-0.05, 0) is 25.0 Å². The molecule has 0 spiro atoms. The molecule has 8 heteroatoms. The van der Waals surface area contributed by atoms with Gasteiger partial charge in [0, 0.05) is 32.3 Å². The van der Waals surface area contributed by atoms with Gasteiger partial charge >= 0.3 is 0 Å². The number of ether oxygens (including phenoxy) is 2. The van der Waals surface area contributed by atoms with Crippen molar-refractivity contribution in [2.45, 2.75) is 31.8 Å². The van der Waals surface area contributed by atoms with Crippen LogP contribution in [0.5, 0.6) is 5.75 Å². The molecule has 2 aromatic heterocycles. The van der Waals surface area contributed by atoms with Gasteiger partial charge in [0.15, 0.2) is 11.4 Å². The number of H-pyrrole nitrogens is 1. The molecule has 0 saturated carbocycles. The molecule has 0 unspecified atom stereocenters. The number of hydrogen-bond donors (Lipinski definition) is 1. The summed E-state index contributed by atoms with van der Waals surface area (Å²) in [6, 6.07) is 3.54. The van der Waals surface area contributed by atoms with E-state index >= 15 is 0 Å². The van der Waals surface area contributed by atoms with E-state index in [1.807, 2.05) is 6.92 Å². The molecule has 3 rings (SSSR count). The highest BCUT2D eigenvalue weighted by Gasteiger charge is 2.34. The fraction of sp³-hybridized carbons (Fsp3) is 0.529. The summed E-state index contributed by atoms with van der Waals surface area (Å²) >= 11 is 0. The predicted molar refractivity (Wildman–Crippen MR) is 90.5 cm³/mol. The van der Waals surface area contributed by atoms with Crippen molar-refractivity contribution < 1.29 is 14.3 Å². The maximum Gasteiger partial charge on any atom is 0.276 e. The molecule has 2 aromatic rings. The molecule has 2 atom stereocenters. The number of carbonyl (C=O) groups is 1. The summed E-state index contributed by atoms with van der Waals surface area (Å²) in [5.41, 5.74) is 0.327. The van der Waals surface area contributed by atoms with E-state index in [1.165, 1.54) is 6.33 Å². The second-order valence-electron chi connectivity index (χ2n) is 6.06. The summed E-state index contributed by atoms with van der Waals surface area (Å²) in [6.45, 7) is 3.67. The van der Waals surface area contributed by atoms with Gasteiger partial charge in [0.05, 0.1) is 12.7 Å². The molecule has 1 fully saturated rings. The minimum Gasteiger partial charge on any atom is -0.491 e. The number of nitrogens with one attached hydrogen (secondary N) is 1. The summed E-state index contributed by atoms with van der Waals surface area (Å²) < 4.78 is 11.5. The number of hydrogen-bond acceptors (Lipinski definition) is 6. The molecule has 1 saturated heterocycles. The molecule has 0 bridgehead atoms. The normalized spacial score (nSPS) is 19.8. The molecule has 0 aliphatic carbocycles. The topological polar surface area (TPSA) is 93.2 Å². The lowest BCUT2D eigenvalue weighted by atomic mass is 10.0. The van der Waals surface area contributed by atoms with Gasteiger partial charge in [-0.1, -0.05) is 6.92 Å². The zero-order chi connectivity index (χ0) is 17.6. The van der Waals surface area contributed by atoms with Crippen molar-refractivity contribution >= 4 is 5.91 Å². The Kier molecular flexibility index (Phi) is 5.60. The molecule has 1 N–H and O–H groups in total. The van der Waals surface area contributed by atoms with Crippen LogP contribution in [0.4, 0.5) is 0 Å². The molecule has 0 radical (unpaired) electrons. The van der Waals surface area contributed by atoms with Gasteiger partial charge in [0.2, 0.25) is 0 Å².